The van der Waals surface area contributed by atoms with Crippen LogP contribution in [0.4, 0.5) is 10.2 Å². The van der Waals surface area contributed by atoms with Crippen molar-refractivity contribution < 1.29 is 4.39 Å². The number of rotatable bonds is 3. The fraction of sp³-hybridized carbons (Fsp3) is 0.571. The molecule has 21 heavy (non-hydrogen) atoms. The molecule has 1 atom stereocenters. The van der Waals surface area contributed by atoms with Gasteiger partial charge in [-0.2, -0.15) is 5.10 Å². The molecule has 3 heterocycles. The zero-order valence-corrected chi connectivity index (χ0v) is 12.3. The lowest BCUT2D eigenvalue weighted by Crippen LogP contribution is -2.35. The first kappa shape index (κ1) is 13.9. The van der Waals surface area contributed by atoms with Gasteiger partial charge in [0.2, 0.25) is 0 Å². The Morgan fingerprint density at radius 2 is 2.24 bits per heavy atom. The van der Waals surface area contributed by atoms with Crippen LogP contribution >= 0.6 is 0 Å². The molecule has 112 valence electrons. The van der Waals surface area contributed by atoms with Crippen molar-refractivity contribution in [1.82, 2.24) is 25.1 Å². The van der Waals surface area contributed by atoms with Gasteiger partial charge in [0, 0.05) is 6.54 Å². The second-order valence-electron chi connectivity index (χ2n) is 5.30. The topological polar surface area (TPSA) is 70.6 Å². The summed E-state index contributed by atoms with van der Waals surface area (Å²) in [5, 5.41) is 7.10. The Morgan fingerprint density at radius 3 is 2.95 bits per heavy atom. The van der Waals surface area contributed by atoms with Crippen LogP contribution in [0.3, 0.4) is 0 Å². The van der Waals surface area contributed by atoms with Gasteiger partial charge >= 0.3 is 0 Å². The number of aromatic amines is 1. The Bertz CT molecular complexity index is 626. The van der Waals surface area contributed by atoms with Gasteiger partial charge in [-0.25, -0.2) is 19.3 Å². The predicted molar refractivity (Wildman–Crippen MR) is 76.4 cm³/mol. The third-order valence-corrected chi connectivity index (χ3v) is 3.87. The molecule has 3 rings (SSSR count). The van der Waals surface area contributed by atoms with Crippen molar-refractivity contribution in [2.75, 3.05) is 11.4 Å². The van der Waals surface area contributed by atoms with E-state index >= 15 is 0 Å². The molecule has 0 unspecified atom stereocenters. The summed E-state index contributed by atoms with van der Waals surface area (Å²) >= 11 is 0. The number of aryl methyl sites for hydroxylation is 2. The number of H-pyrrole nitrogens is 1. The van der Waals surface area contributed by atoms with Gasteiger partial charge in [0.1, 0.15) is 12.2 Å². The summed E-state index contributed by atoms with van der Waals surface area (Å²) in [7, 11) is 0. The van der Waals surface area contributed by atoms with E-state index in [-0.39, 0.29) is 11.9 Å². The number of nitrogens with zero attached hydrogens (tertiary/aromatic N) is 5. The first-order chi connectivity index (χ1) is 10.2. The van der Waals surface area contributed by atoms with Crippen LogP contribution in [0.25, 0.3) is 0 Å². The molecule has 1 N–H and O–H groups in total. The molecule has 1 saturated heterocycles. The highest BCUT2D eigenvalue weighted by atomic mass is 19.1. The molecular weight excluding hydrogens is 271 g/mol. The van der Waals surface area contributed by atoms with E-state index in [1.54, 1.807) is 0 Å². The predicted octanol–water partition coefficient (Wildman–Crippen LogP) is 2.34. The van der Waals surface area contributed by atoms with Gasteiger partial charge in [0.15, 0.2) is 17.5 Å². The zero-order chi connectivity index (χ0) is 14.8. The largest absolute Gasteiger partial charge is 0.344 e. The fourth-order valence-corrected chi connectivity index (χ4v) is 2.80. The Balaban J connectivity index is 1.98. The third-order valence-electron chi connectivity index (χ3n) is 3.87. The number of nitrogens with one attached hydrogen (secondary N) is 1. The number of anilines is 1. The minimum Gasteiger partial charge on any atom is -0.344 e. The maximum atomic E-state index is 14.5. The van der Waals surface area contributed by atoms with E-state index in [1.165, 1.54) is 6.33 Å². The van der Waals surface area contributed by atoms with Crippen LogP contribution in [0.2, 0.25) is 0 Å². The van der Waals surface area contributed by atoms with Crippen LogP contribution in [-0.4, -0.2) is 31.7 Å². The van der Waals surface area contributed by atoms with Crippen molar-refractivity contribution >= 4 is 5.82 Å². The Morgan fingerprint density at radius 1 is 1.38 bits per heavy atom. The molecule has 0 saturated carbocycles. The summed E-state index contributed by atoms with van der Waals surface area (Å²) in [5.74, 6) is 1.53. The van der Waals surface area contributed by atoms with Crippen LogP contribution in [0.1, 0.15) is 49.6 Å². The Hall–Kier alpha value is -2.05. The highest BCUT2D eigenvalue weighted by molar-refractivity contribution is 5.43. The average molecular weight is 290 g/mol. The molecule has 0 amide bonds. The minimum absolute atomic E-state index is 0.0298. The third kappa shape index (κ3) is 2.59. The summed E-state index contributed by atoms with van der Waals surface area (Å²) in [6.45, 7) is 4.51. The molecule has 0 radical (unpaired) electrons. The number of aromatic nitrogens is 5. The smallest absolute Gasteiger partial charge is 0.187 e. The van der Waals surface area contributed by atoms with Gasteiger partial charge < -0.3 is 4.90 Å². The molecule has 1 aliphatic heterocycles. The Kier molecular flexibility index (Phi) is 3.81. The van der Waals surface area contributed by atoms with Crippen LogP contribution in [-0.2, 0) is 6.42 Å². The van der Waals surface area contributed by atoms with Crippen LogP contribution < -0.4 is 4.90 Å². The number of hydrogen-bond acceptors (Lipinski definition) is 5. The normalized spacial score (nSPS) is 19.0. The molecule has 0 spiro atoms. The van der Waals surface area contributed by atoms with Gasteiger partial charge in [-0.05, 0) is 32.6 Å². The molecule has 2 aromatic rings. The quantitative estimate of drug-likeness (QED) is 0.939. The molecule has 6 nitrogen and oxygen atoms in total. The standard InChI is InChI=1S/C14H19FN6/c1-3-10-12(15)14(17-8-16-10)21-7-5-4-6-11(21)13-18-9(2)19-20-13/h8,11H,3-7H2,1-2H3,(H,18,19,20)/t11-/m0/s1. The van der Waals surface area contributed by atoms with Crippen LogP contribution in [0.15, 0.2) is 6.33 Å². The highest BCUT2D eigenvalue weighted by Gasteiger charge is 2.30. The minimum atomic E-state index is -0.320. The number of piperidine rings is 1. The van der Waals surface area contributed by atoms with E-state index in [9.17, 15) is 4.39 Å². The lowest BCUT2D eigenvalue weighted by molar-refractivity contribution is 0.443. The van der Waals surface area contributed by atoms with Crippen molar-refractivity contribution in [3.05, 3.63) is 29.5 Å². The van der Waals surface area contributed by atoms with E-state index in [0.29, 0.717) is 23.8 Å². The summed E-state index contributed by atoms with van der Waals surface area (Å²) < 4.78 is 14.5. The van der Waals surface area contributed by atoms with Gasteiger partial charge in [0.25, 0.3) is 0 Å². The molecule has 1 fully saturated rings. The average Bonchev–Trinajstić information content (AvgIpc) is 2.94. The number of hydrogen-bond donors (Lipinski definition) is 1. The van der Waals surface area contributed by atoms with Crippen molar-refractivity contribution in [1.29, 1.82) is 0 Å². The van der Waals surface area contributed by atoms with Crippen LogP contribution in [0, 0.1) is 12.7 Å². The van der Waals surface area contributed by atoms with Gasteiger partial charge in [-0.3, -0.25) is 5.10 Å². The van der Waals surface area contributed by atoms with Crippen molar-refractivity contribution in [2.45, 2.75) is 45.6 Å². The fourth-order valence-electron chi connectivity index (χ4n) is 2.80. The van der Waals surface area contributed by atoms with Crippen molar-refractivity contribution in [3.63, 3.8) is 0 Å². The first-order valence-electron chi connectivity index (χ1n) is 7.35. The molecule has 0 bridgehead atoms. The zero-order valence-electron chi connectivity index (χ0n) is 12.3. The van der Waals surface area contributed by atoms with Gasteiger partial charge in [-0.1, -0.05) is 6.92 Å². The van der Waals surface area contributed by atoms with E-state index in [1.807, 2.05) is 18.7 Å². The second kappa shape index (κ2) is 5.75. The SMILES string of the molecule is CCc1ncnc(N2CCCC[C@H]2c2n[nH]c(C)n2)c1F. The van der Waals surface area contributed by atoms with E-state index in [0.717, 1.165) is 31.6 Å². The van der Waals surface area contributed by atoms with Crippen molar-refractivity contribution in [2.24, 2.45) is 0 Å². The summed E-state index contributed by atoms with van der Waals surface area (Å²) in [4.78, 5) is 14.6. The highest BCUT2D eigenvalue weighted by Crippen LogP contribution is 2.34. The molecular formula is C14H19FN6. The molecule has 0 aromatic carbocycles. The number of halogens is 1. The van der Waals surface area contributed by atoms with E-state index < -0.39 is 0 Å². The summed E-state index contributed by atoms with van der Waals surface area (Å²) in [6, 6.07) is -0.0298. The monoisotopic (exact) mass is 290 g/mol. The molecule has 1 aliphatic rings. The van der Waals surface area contributed by atoms with E-state index in [2.05, 4.69) is 25.1 Å². The second-order valence-corrected chi connectivity index (χ2v) is 5.30. The lowest BCUT2D eigenvalue weighted by atomic mass is 10.0. The Labute approximate surface area is 122 Å². The maximum absolute atomic E-state index is 14.5. The van der Waals surface area contributed by atoms with Gasteiger partial charge in [-0.15, -0.1) is 0 Å². The molecule has 0 aliphatic carbocycles. The van der Waals surface area contributed by atoms with Crippen LogP contribution in [0.5, 0.6) is 0 Å². The molecule has 7 heteroatoms. The summed E-state index contributed by atoms with van der Waals surface area (Å²) in [5.41, 5.74) is 0.454. The maximum Gasteiger partial charge on any atom is 0.187 e. The van der Waals surface area contributed by atoms with E-state index in [4.69, 9.17) is 0 Å². The first-order valence-corrected chi connectivity index (χ1v) is 7.35. The van der Waals surface area contributed by atoms with Crippen molar-refractivity contribution in [3.8, 4) is 0 Å². The molecule has 2 aromatic heterocycles. The summed E-state index contributed by atoms with van der Waals surface area (Å²) in [6.07, 6.45) is 5.00. The van der Waals surface area contributed by atoms with Gasteiger partial charge in [0.05, 0.1) is 11.7 Å². The lowest BCUT2D eigenvalue weighted by Gasteiger charge is -2.35.